The highest BCUT2D eigenvalue weighted by Crippen LogP contribution is 2.34. The topological polar surface area (TPSA) is 129 Å². The second-order valence-electron chi connectivity index (χ2n) is 8.68. The standard InChI is InChI=1S/C24H25N9O3/c1-31-19(15-12-25-23(36-3)30-22(15)35-2)29-18-20(31)26-13-27-21(18)32-10-8-14(9-11-32)33-17-7-5-4-6-16(17)28-24(33)34/h4-7,12-14H,8-11H2,1-3H3,(H,28,34). The first-order chi connectivity index (χ1) is 17.6. The molecule has 1 N–H and O–H groups in total. The maximum Gasteiger partial charge on any atom is 0.326 e. The fourth-order valence-electron chi connectivity index (χ4n) is 4.99. The van der Waals surface area contributed by atoms with Crippen molar-refractivity contribution in [3.8, 4) is 23.3 Å². The zero-order valence-corrected chi connectivity index (χ0v) is 20.2. The lowest BCUT2D eigenvalue weighted by Gasteiger charge is -2.33. The number of hydrogen-bond acceptors (Lipinski definition) is 9. The highest BCUT2D eigenvalue weighted by Gasteiger charge is 2.27. The monoisotopic (exact) mass is 487 g/mol. The van der Waals surface area contributed by atoms with E-state index in [2.05, 4.69) is 29.8 Å². The van der Waals surface area contributed by atoms with E-state index < -0.39 is 0 Å². The van der Waals surface area contributed by atoms with Crippen molar-refractivity contribution >= 4 is 28.0 Å². The molecule has 1 saturated heterocycles. The number of nitrogens with one attached hydrogen (secondary N) is 1. The van der Waals surface area contributed by atoms with Gasteiger partial charge in [-0.1, -0.05) is 12.1 Å². The average molecular weight is 488 g/mol. The number of H-pyrrole nitrogens is 1. The Hall–Kier alpha value is -4.48. The van der Waals surface area contributed by atoms with Crippen molar-refractivity contribution in [2.45, 2.75) is 18.9 Å². The summed E-state index contributed by atoms with van der Waals surface area (Å²) in [6.07, 6.45) is 4.81. The fraction of sp³-hybridized carbons (Fsp3) is 0.333. The predicted molar refractivity (Wildman–Crippen MR) is 133 cm³/mol. The predicted octanol–water partition coefficient (Wildman–Crippen LogP) is 2.32. The molecule has 0 unspecified atom stereocenters. The van der Waals surface area contributed by atoms with E-state index in [0.717, 1.165) is 42.8 Å². The number of piperidine rings is 1. The minimum absolute atomic E-state index is 0.0656. The van der Waals surface area contributed by atoms with Gasteiger partial charge >= 0.3 is 11.7 Å². The van der Waals surface area contributed by atoms with Gasteiger partial charge in [-0.05, 0) is 25.0 Å². The Morgan fingerprint density at radius 2 is 1.83 bits per heavy atom. The number of imidazole rings is 2. The van der Waals surface area contributed by atoms with Gasteiger partial charge in [0.2, 0.25) is 5.88 Å². The maximum atomic E-state index is 12.7. The molecule has 0 amide bonds. The van der Waals surface area contributed by atoms with E-state index >= 15 is 0 Å². The molecule has 0 aliphatic carbocycles. The van der Waals surface area contributed by atoms with Gasteiger partial charge in [0.25, 0.3) is 0 Å². The summed E-state index contributed by atoms with van der Waals surface area (Å²) < 4.78 is 14.4. The summed E-state index contributed by atoms with van der Waals surface area (Å²) in [5, 5.41) is 0. The van der Waals surface area contributed by atoms with Crippen LogP contribution in [-0.2, 0) is 7.05 Å². The largest absolute Gasteiger partial charge is 0.480 e. The molecule has 5 aromatic rings. The number of ether oxygens (including phenoxy) is 2. The van der Waals surface area contributed by atoms with E-state index in [9.17, 15) is 4.79 Å². The van der Waals surface area contributed by atoms with Gasteiger partial charge in [0, 0.05) is 32.4 Å². The molecule has 1 aliphatic heterocycles. The van der Waals surface area contributed by atoms with Gasteiger partial charge in [0.05, 0.1) is 30.8 Å². The van der Waals surface area contributed by atoms with E-state index in [1.807, 2.05) is 40.4 Å². The van der Waals surface area contributed by atoms with Crippen LogP contribution < -0.4 is 20.1 Å². The summed E-state index contributed by atoms with van der Waals surface area (Å²) in [4.78, 5) is 40.3. The van der Waals surface area contributed by atoms with Gasteiger partial charge in [0.1, 0.15) is 12.2 Å². The van der Waals surface area contributed by atoms with Crippen LogP contribution in [0.3, 0.4) is 0 Å². The molecule has 1 aromatic carbocycles. The van der Waals surface area contributed by atoms with E-state index in [1.165, 1.54) is 7.11 Å². The molecule has 0 spiro atoms. The summed E-state index contributed by atoms with van der Waals surface area (Å²) in [5.74, 6) is 1.74. The highest BCUT2D eigenvalue weighted by molar-refractivity contribution is 5.87. The SMILES string of the molecule is COc1ncc(-c2nc3c(N4CCC(n5c(=O)[nH]c6ccccc65)CC4)ncnc3n2C)c(OC)n1. The Bertz CT molecular complexity index is 1630. The molecule has 1 aliphatic rings. The van der Waals surface area contributed by atoms with Crippen LogP contribution in [-0.4, -0.2) is 66.3 Å². The highest BCUT2D eigenvalue weighted by atomic mass is 16.5. The van der Waals surface area contributed by atoms with Gasteiger partial charge in [-0.25, -0.2) is 24.7 Å². The van der Waals surface area contributed by atoms with Crippen LogP contribution >= 0.6 is 0 Å². The van der Waals surface area contributed by atoms with Crippen LogP contribution in [0.25, 0.3) is 33.6 Å². The van der Waals surface area contributed by atoms with Gasteiger partial charge < -0.3 is 23.9 Å². The number of para-hydroxylation sites is 2. The third-order valence-electron chi connectivity index (χ3n) is 6.74. The third kappa shape index (κ3) is 3.44. The van der Waals surface area contributed by atoms with Crippen molar-refractivity contribution in [1.82, 2.24) is 39.0 Å². The average Bonchev–Trinajstić information content (AvgIpc) is 3.44. The summed E-state index contributed by atoms with van der Waals surface area (Å²) in [6, 6.07) is 8.14. The summed E-state index contributed by atoms with van der Waals surface area (Å²) in [5.41, 5.74) is 3.75. The Morgan fingerprint density at radius 3 is 2.61 bits per heavy atom. The molecule has 0 saturated carbocycles. The minimum Gasteiger partial charge on any atom is -0.480 e. The molecule has 6 rings (SSSR count). The molecule has 0 bridgehead atoms. The van der Waals surface area contributed by atoms with E-state index in [4.69, 9.17) is 14.5 Å². The van der Waals surface area contributed by atoms with Crippen LogP contribution in [0.2, 0.25) is 0 Å². The first kappa shape index (κ1) is 22.0. The Balaban J connectivity index is 1.32. The first-order valence-electron chi connectivity index (χ1n) is 11.7. The van der Waals surface area contributed by atoms with Crippen molar-refractivity contribution in [2.24, 2.45) is 7.05 Å². The van der Waals surface area contributed by atoms with Crippen molar-refractivity contribution in [2.75, 3.05) is 32.2 Å². The third-order valence-corrected chi connectivity index (χ3v) is 6.74. The number of aryl methyl sites for hydroxylation is 1. The van der Waals surface area contributed by atoms with Crippen LogP contribution in [0, 0.1) is 0 Å². The maximum absolute atomic E-state index is 12.7. The number of fused-ring (bicyclic) bond motifs is 2. The molecular weight excluding hydrogens is 462 g/mol. The lowest BCUT2D eigenvalue weighted by Crippen LogP contribution is -2.37. The molecular formula is C24H25N9O3. The van der Waals surface area contributed by atoms with Crippen LogP contribution in [0.5, 0.6) is 11.9 Å². The lowest BCUT2D eigenvalue weighted by atomic mass is 10.0. The lowest BCUT2D eigenvalue weighted by molar-refractivity contribution is 0.353. The molecule has 0 atom stereocenters. The molecule has 0 radical (unpaired) electrons. The van der Waals surface area contributed by atoms with Crippen molar-refractivity contribution in [1.29, 1.82) is 0 Å². The van der Waals surface area contributed by atoms with Crippen LogP contribution in [0.15, 0.2) is 41.6 Å². The Kier molecular flexibility index (Phi) is 5.28. The van der Waals surface area contributed by atoms with Crippen molar-refractivity contribution in [3.05, 3.63) is 47.3 Å². The Labute approximate surface area is 205 Å². The van der Waals surface area contributed by atoms with E-state index in [-0.39, 0.29) is 17.7 Å². The number of methoxy groups -OCH3 is 2. The van der Waals surface area contributed by atoms with Gasteiger partial charge in [-0.15, -0.1) is 0 Å². The number of rotatable bonds is 5. The zero-order valence-electron chi connectivity index (χ0n) is 20.2. The molecule has 36 heavy (non-hydrogen) atoms. The van der Waals surface area contributed by atoms with Gasteiger partial charge in [0.15, 0.2) is 17.0 Å². The number of hydrogen-bond donors (Lipinski definition) is 1. The normalized spacial score (nSPS) is 14.6. The molecule has 5 heterocycles. The second-order valence-corrected chi connectivity index (χ2v) is 8.68. The summed E-state index contributed by atoms with van der Waals surface area (Å²) in [7, 11) is 4.94. The Morgan fingerprint density at radius 1 is 1.03 bits per heavy atom. The first-order valence-corrected chi connectivity index (χ1v) is 11.7. The smallest absolute Gasteiger partial charge is 0.326 e. The quantitative estimate of drug-likeness (QED) is 0.397. The number of nitrogens with zero attached hydrogens (tertiary/aromatic N) is 8. The van der Waals surface area contributed by atoms with E-state index in [0.29, 0.717) is 28.4 Å². The molecule has 12 heteroatoms. The number of aromatic amines is 1. The molecule has 184 valence electrons. The second kappa shape index (κ2) is 8.63. The van der Waals surface area contributed by atoms with Crippen LogP contribution in [0.1, 0.15) is 18.9 Å². The molecule has 4 aromatic heterocycles. The van der Waals surface area contributed by atoms with Crippen LogP contribution in [0.4, 0.5) is 5.82 Å². The number of aromatic nitrogens is 8. The van der Waals surface area contributed by atoms with Crippen molar-refractivity contribution in [3.63, 3.8) is 0 Å². The number of benzene rings is 1. The van der Waals surface area contributed by atoms with Crippen molar-refractivity contribution < 1.29 is 9.47 Å². The summed E-state index contributed by atoms with van der Waals surface area (Å²) in [6.45, 7) is 1.48. The molecule has 12 nitrogen and oxygen atoms in total. The molecule has 1 fully saturated rings. The van der Waals surface area contributed by atoms with Gasteiger partial charge in [-0.2, -0.15) is 4.98 Å². The summed E-state index contributed by atoms with van der Waals surface area (Å²) >= 11 is 0. The zero-order chi connectivity index (χ0) is 24.8. The van der Waals surface area contributed by atoms with Gasteiger partial charge in [-0.3, -0.25) is 4.57 Å². The fourth-order valence-corrected chi connectivity index (χ4v) is 4.99. The number of anilines is 1. The minimum atomic E-state index is -0.0656. The van der Waals surface area contributed by atoms with E-state index in [1.54, 1.807) is 19.6 Å².